The molecule has 0 spiro atoms. The van der Waals surface area contributed by atoms with Crippen LogP contribution in [0, 0.1) is 25.2 Å². The molecule has 0 fully saturated rings. The van der Waals surface area contributed by atoms with E-state index in [1.54, 1.807) is 24.4 Å². The van der Waals surface area contributed by atoms with Gasteiger partial charge in [0.05, 0.1) is 6.20 Å². The third-order valence-electron chi connectivity index (χ3n) is 5.31. The van der Waals surface area contributed by atoms with Crippen molar-refractivity contribution in [1.82, 2.24) is 14.8 Å². The maximum atomic E-state index is 12.9. The first kappa shape index (κ1) is 17.2. The molecule has 5 heteroatoms. The first-order valence-corrected chi connectivity index (χ1v) is 9.11. The fourth-order valence-corrected chi connectivity index (χ4v) is 3.97. The highest BCUT2D eigenvalue weighted by atomic mass is 16.1. The van der Waals surface area contributed by atoms with E-state index in [4.69, 9.17) is 5.26 Å². The highest BCUT2D eigenvalue weighted by Gasteiger charge is 2.25. The summed E-state index contributed by atoms with van der Waals surface area (Å²) in [5, 5.41) is 13.4. The molecule has 1 atom stereocenters. The Hall–Kier alpha value is -3.26. The molecule has 1 aliphatic rings. The molecule has 2 heterocycles. The van der Waals surface area contributed by atoms with Gasteiger partial charge in [-0.25, -0.2) is 4.98 Å². The second kappa shape index (κ2) is 6.81. The van der Waals surface area contributed by atoms with E-state index < -0.39 is 0 Å². The Kier molecular flexibility index (Phi) is 4.33. The zero-order valence-electron chi connectivity index (χ0n) is 15.4. The molecule has 27 heavy (non-hydrogen) atoms. The highest BCUT2D eigenvalue weighted by Crippen LogP contribution is 2.33. The lowest BCUT2D eigenvalue weighted by atomic mass is 9.79. The van der Waals surface area contributed by atoms with Crippen molar-refractivity contribution in [2.24, 2.45) is 0 Å². The molecule has 0 N–H and O–H groups in total. The van der Waals surface area contributed by atoms with Crippen molar-refractivity contribution in [3.63, 3.8) is 0 Å². The first-order chi connectivity index (χ1) is 13.1. The Morgan fingerprint density at radius 3 is 2.85 bits per heavy atom. The summed E-state index contributed by atoms with van der Waals surface area (Å²) < 4.78 is 1.30. The molecule has 5 nitrogen and oxygen atoms in total. The molecule has 4 rings (SSSR count). The molecule has 0 bridgehead atoms. The van der Waals surface area contributed by atoms with Crippen molar-refractivity contribution in [2.75, 3.05) is 0 Å². The molecule has 2 aromatic heterocycles. The number of hydrogen-bond acceptors (Lipinski definition) is 4. The molecule has 1 aliphatic carbocycles. The number of pyridine rings is 1. The van der Waals surface area contributed by atoms with Crippen LogP contribution < -0.4 is 5.56 Å². The van der Waals surface area contributed by atoms with Gasteiger partial charge in [-0.3, -0.25) is 4.79 Å². The predicted octanol–water partition coefficient (Wildman–Crippen LogP) is 3.39. The minimum Gasteiger partial charge on any atom is -0.267 e. The number of aromatic nitrogens is 3. The molecule has 0 amide bonds. The molecular formula is C22H20N4O. The average Bonchev–Trinajstić information content (AvgIpc) is 2.68. The van der Waals surface area contributed by atoms with Crippen LogP contribution in [0.4, 0.5) is 0 Å². The van der Waals surface area contributed by atoms with E-state index >= 15 is 0 Å². The Labute approximate surface area is 157 Å². The summed E-state index contributed by atoms with van der Waals surface area (Å²) in [5.41, 5.74) is 5.91. The van der Waals surface area contributed by atoms with Crippen LogP contribution in [0.1, 0.15) is 45.8 Å². The normalized spacial score (nSPS) is 15.8. The molecule has 1 unspecified atom stereocenters. The molecule has 0 saturated carbocycles. The lowest BCUT2D eigenvalue weighted by Crippen LogP contribution is -2.30. The Morgan fingerprint density at radius 1 is 1.22 bits per heavy atom. The Balaban J connectivity index is 1.69. The number of benzene rings is 1. The summed E-state index contributed by atoms with van der Waals surface area (Å²) in [6, 6.07) is 13.6. The molecular weight excluding hydrogens is 336 g/mol. The van der Waals surface area contributed by atoms with Gasteiger partial charge in [0.1, 0.15) is 11.8 Å². The van der Waals surface area contributed by atoms with E-state index in [1.165, 1.54) is 21.4 Å². The van der Waals surface area contributed by atoms with Gasteiger partial charge < -0.3 is 0 Å². The fraction of sp³-hybridized carbons (Fsp3) is 0.273. The van der Waals surface area contributed by atoms with Gasteiger partial charge in [0.25, 0.3) is 5.56 Å². The zero-order valence-corrected chi connectivity index (χ0v) is 15.4. The summed E-state index contributed by atoms with van der Waals surface area (Å²) in [6.45, 7) is 4.26. The van der Waals surface area contributed by atoms with Crippen LogP contribution in [0.3, 0.4) is 0 Å². The van der Waals surface area contributed by atoms with Crippen molar-refractivity contribution < 1.29 is 0 Å². The van der Waals surface area contributed by atoms with Crippen LogP contribution in [-0.2, 0) is 12.8 Å². The summed E-state index contributed by atoms with van der Waals surface area (Å²) in [5.74, 6) is 0.800. The van der Waals surface area contributed by atoms with E-state index in [1.807, 2.05) is 6.07 Å². The summed E-state index contributed by atoms with van der Waals surface area (Å²) in [6.07, 6.45) is 4.29. The van der Waals surface area contributed by atoms with Crippen LogP contribution >= 0.6 is 0 Å². The maximum absolute atomic E-state index is 12.9. The third kappa shape index (κ3) is 3.15. The number of hydrogen-bond donors (Lipinski definition) is 0. The number of fused-ring (bicyclic) bond motifs is 1. The Bertz CT molecular complexity index is 1120. The Morgan fingerprint density at radius 2 is 2.07 bits per heavy atom. The lowest BCUT2D eigenvalue weighted by Gasteiger charge is -2.26. The quantitative estimate of drug-likeness (QED) is 0.706. The van der Waals surface area contributed by atoms with Gasteiger partial charge in [0.2, 0.25) is 0 Å². The number of rotatable bonds is 2. The maximum Gasteiger partial charge on any atom is 0.276 e. The van der Waals surface area contributed by atoms with Crippen molar-refractivity contribution in [3.8, 4) is 11.9 Å². The van der Waals surface area contributed by atoms with Gasteiger partial charge in [0.15, 0.2) is 5.82 Å². The first-order valence-electron chi connectivity index (χ1n) is 9.11. The molecule has 0 aliphatic heterocycles. The zero-order chi connectivity index (χ0) is 19.0. The predicted molar refractivity (Wildman–Crippen MR) is 103 cm³/mol. The second-order valence-electron chi connectivity index (χ2n) is 7.16. The van der Waals surface area contributed by atoms with E-state index in [0.29, 0.717) is 11.7 Å². The van der Waals surface area contributed by atoms with Gasteiger partial charge in [-0.15, -0.1) is 0 Å². The van der Waals surface area contributed by atoms with E-state index in [9.17, 15) is 4.79 Å². The van der Waals surface area contributed by atoms with E-state index in [-0.39, 0.29) is 11.3 Å². The topological polar surface area (TPSA) is 71.6 Å². The monoisotopic (exact) mass is 356 g/mol. The van der Waals surface area contributed by atoms with Crippen LogP contribution in [0.15, 0.2) is 47.4 Å². The van der Waals surface area contributed by atoms with Crippen molar-refractivity contribution in [2.45, 2.75) is 39.0 Å². The standard InChI is InChI=1S/C22H20N4O/c1-14-6-8-19(15(2)10-14)16-7-9-20-17(11-16)13-24-26(22(20)27)21-5-3-4-18(12-23)25-21/h3-6,8,10,13,16H,7,9,11H2,1-2H3. The smallest absolute Gasteiger partial charge is 0.267 e. The van der Waals surface area contributed by atoms with Crippen LogP contribution in [0.2, 0.25) is 0 Å². The fourth-order valence-electron chi connectivity index (χ4n) is 3.97. The molecule has 134 valence electrons. The van der Waals surface area contributed by atoms with Crippen LogP contribution in [0.5, 0.6) is 0 Å². The van der Waals surface area contributed by atoms with Crippen molar-refractivity contribution >= 4 is 0 Å². The van der Waals surface area contributed by atoms with E-state index in [0.717, 1.165) is 30.4 Å². The summed E-state index contributed by atoms with van der Waals surface area (Å²) in [7, 11) is 0. The highest BCUT2D eigenvalue weighted by molar-refractivity contribution is 5.38. The van der Waals surface area contributed by atoms with Crippen LogP contribution in [-0.4, -0.2) is 14.8 Å². The van der Waals surface area contributed by atoms with E-state index in [2.05, 4.69) is 42.1 Å². The minimum atomic E-state index is -0.130. The number of nitriles is 1. The minimum absolute atomic E-state index is 0.130. The van der Waals surface area contributed by atoms with Gasteiger partial charge in [0, 0.05) is 5.56 Å². The van der Waals surface area contributed by atoms with Crippen LogP contribution in [0.25, 0.3) is 5.82 Å². The average molecular weight is 356 g/mol. The largest absolute Gasteiger partial charge is 0.276 e. The van der Waals surface area contributed by atoms with Gasteiger partial charge in [-0.2, -0.15) is 15.0 Å². The molecule has 3 aromatic rings. The summed E-state index contributed by atoms with van der Waals surface area (Å²) >= 11 is 0. The van der Waals surface area contributed by atoms with Crippen molar-refractivity contribution in [1.29, 1.82) is 5.26 Å². The number of aryl methyl sites for hydroxylation is 2. The number of nitrogens with zero attached hydrogens (tertiary/aromatic N) is 4. The molecule has 1 aromatic carbocycles. The summed E-state index contributed by atoms with van der Waals surface area (Å²) in [4.78, 5) is 17.1. The van der Waals surface area contributed by atoms with Gasteiger partial charge in [-0.1, -0.05) is 29.8 Å². The van der Waals surface area contributed by atoms with Crippen molar-refractivity contribution in [3.05, 3.63) is 86.5 Å². The molecule has 0 radical (unpaired) electrons. The van der Waals surface area contributed by atoms with Gasteiger partial charge >= 0.3 is 0 Å². The second-order valence-corrected chi connectivity index (χ2v) is 7.16. The SMILES string of the molecule is Cc1ccc(C2CCc3c(cnn(-c4cccc(C#N)n4)c3=O)C2)c(C)c1. The molecule has 0 saturated heterocycles. The lowest BCUT2D eigenvalue weighted by molar-refractivity contribution is 0.565. The van der Waals surface area contributed by atoms with Gasteiger partial charge in [-0.05, 0) is 67.9 Å². The third-order valence-corrected chi connectivity index (χ3v) is 5.31.